The third-order valence-electron chi connectivity index (χ3n) is 4.04. The summed E-state index contributed by atoms with van der Waals surface area (Å²) >= 11 is 0. The van der Waals surface area contributed by atoms with E-state index in [1.165, 1.54) is 0 Å². The fourth-order valence-electron chi connectivity index (χ4n) is 2.81. The molecule has 1 atom stereocenters. The van der Waals surface area contributed by atoms with Crippen LogP contribution in [0.5, 0.6) is 0 Å². The Hall–Kier alpha value is -2.88. The third-order valence-corrected chi connectivity index (χ3v) is 4.04. The zero-order valence-electron chi connectivity index (χ0n) is 12.9. The van der Waals surface area contributed by atoms with Crippen LogP contribution in [0, 0.1) is 11.3 Å². The molecular formula is C16H18N6O. The number of pyridine rings is 1. The summed E-state index contributed by atoms with van der Waals surface area (Å²) in [6.45, 7) is 1.72. The summed E-state index contributed by atoms with van der Waals surface area (Å²) in [5.41, 5.74) is 0.991. The van der Waals surface area contributed by atoms with E-state index < -0.39 is 0 Å². The van der Waals surface area contributed by atoms with Crippen molar-refractivity contribution >= 4 is 11.7 Å². The van der Waals surface area contributed by atoms with Crippen LogP contribution in [0.1, 0.15) is 34.9 Å². The van der Waals surface area contributed by atoms with E-state index in [-0.39, 0.29) is 11.9 Å². The van der Waals surface area contributed by atoms with Gasteiger partial charge >= 0.3 is 0 Å². The lowest BCUT2D eigenvalue weighted by Crippen LogP contribution is -2.37. The minimum absolute atomic E-state index is 0.176. The predicted molar refractivity (Wildman–Crippen MR) is 85.1 cm³/mol. The molecule has 23 heavy (non-hydrogen) atoms. The summed E-state index contributed by atoms with van der Waals surface area (Å²) in [6, 6.07) is 7.68. The fourth-order valence-corrected chi connectivity index (χ4v) is 2.81. The number of hydrogen-bond donors (Lipinski definition) is 1. The van der Waals surface area contributed by atoms with Crippen molar-refractivity contribution in [1.29, 1.82) is 5.26 Å². The summed E-state index contributed by atoms with van der Waals surface area (Å²) in [5.74, 6) is 0.692. The topological polar surface area (TPSA) is 86.8 Å². The highest BCUT2D eigenvalue weighted by molar-refractivity contribution is 5.91. The van der Waals surface area contributed by atoms with Crippen LogP contribution in [0.4, 0.5) is 5.82 Å². The number of amides is 1. The molecule has 1 N–H and O–H groups in total. The van der Waals surface area contributed by atoms with Crippen LogP contribution in [0.2, 0.25) is 0 Å². The van der Waals surface area contributed by atoms with Crippen LogP contribution >= 0.6 is 0 Å². The predicted octanol–water partition coefficient (Wildman–Crippen LogP) is 1.35. The minimum atomic E-state index is -0.176. The first kappa shape index (κ1) is 15.0. The van der Waals surface area contributed by atoms with Crippen molar-refractivity contribution in [3.63, 3.8) is 0 Å². The Bertz CT molecular complexity index is 730. The van der Waals surface area contributed by atoms with Crippen molar-refractivity contribution in [2.45, 2.75) is 18.9 Å². The Morgan fingerprint density at radius 1 is 1.43 bits per heavy atom. The Kier molecular flexibility index (Phi) is 4.24. The van der Waals surface area contributed by atoms with Crippen LogP contribution in [-0.4, -0.2) is 40.8 Å². The van der Waals surface area contributed by atoms with Gasteiger partial charge in [-0.2, -0.15) is 10.4 Å². The molecule has 1 aliphatic heterocycles. The maximum Gasteiger partial charge on any atom is 0.271 e. The van der Waals surface area contributed by atoms with Crippen molar-refractivity contribution in [1.82, 2.24) is 20.1 Å². The average Bonchev–Trinajstić information content (AvgIpc) is 3.11. The molecule has 1 saturated heterocycles. The van der Waals surface area contributed by atoms with E-state index in [1.54, 1.807) is 25.4 Å². The van der Waals surface area contributed by atoms with Gasteiger partial charge in [-0.25, -0.2) is 4.98 Å². The highest BCUT2D eigenvalue weighted by atomic mass is 16.1. The molecule has 0 unspecified atom stereocenters. The number of carbonyl (C=O) groups excluding carboxylic acids is 1. The van der Waals surface area contributed by atoms with Gasteiger partial charge in [-0.05, 0) is 31.0 Å². The van der Waals surface area contributed by atoms with Gasteiger partial charge in [0.05, 0.1) is 11.6 Å². The van der Waals surface area contributed by atoms with Gasteiger partial charge in [0.25, 0.3) is 5.91 Å². The molecule has 1 aliphatic rings. The van der Waals surface area contributed by atoms with Gasteiger partial charge in [0.1, 0.15) is 17.6 Å². The van der Waals surface area contributed by atoms with Crippen molar-refractivity contribution in [3.8, 4) is 6.07 Å². The monoisotopic (exact) mass is 310 g/mol. The minimum Gasteiger partial charge on any atom is -0.354 e. The van der Waals surface area contributed by atoms with E-state index in [2.05, 4.69) is 26.4 Å². The SMILES string of the molecule is CNC(=O)c1ccn([C@H]2CCCN(c3ccc(C#N)cn3)C2)n1. The number of nitriles is 1. The second kappa shape index (κ2) is 6.48. The van der Waals surface area contributed by atoms with Crippen molar-refractivity contribution in [3.05, 3.63) is 41.9 Å². The van der Waals surface area contributed by atoms with E-state index in [0.717, 1.165) is 31.7 Å². The summed E-state index contributed by atoms with van der Waals surface area (Å²) in [6.07, 6.45) is 5.49. The Morgan fingerprint density at radius 3 is 3.00 bits per heavy atom. The summed E-state index contributed by atoms with van der Waals surface area (Å²) in [5, 5.41) is 15.8. The molecule has 0 aliphatic carbocycles. The molecule has 3 rings (SSSR count). The zero-order chi connectivity index (χ0) is 16.2. The molecule has 1 fully saturated rings. The highest BCUT2D eigenvalue weighted by Gasteiger charge is 2.23. The van der Waals surface area contributed by atoms with Gasteiger partial charge in [-0.1, -0.05) is 0 Å². The maximum absolute atomic E-state index is 11.6. The lowest BCUT2D eigenvalue weighted by Gasteiger charge is -2.33. The Labute approximate surface area is 134 Å². The van der Waals surface area contributed by atoms with Crippen LogP contribution in [0.15, 0.2) is 30.6 Å². The smallest absolute Gasteiger partial charge is 0.271 e. The molecule has 0 aromatic carbocycles. The molecule has 7 nitrogen and oxygen atoms in total. The molecular weight excluding hydrogens is 292 g/mol. The Morgan fingerprint density at radius 2 is 2.30 bits per heavy atom. The first-order valence-corrected chi connectivity index (χ1v) is 7.59. The lowest BCUT2D eigenvalue weighted by atomic mass is 10.1. The highest BCUT2D eigenvalue weighted by Crippen LogP contribution is 2.24. The lowest BCUT2D eigenvalue weighted by molar-refractivity contribution is 0.0957. The van der Waals surface area contributed by atoms with Crippen LogP contribution in [-0.2, 0) is 0 Å². The number of hydrogen-bond acceptors (Lipinski definition) is 5. The average molecular weight is 310 g/mol. The first-order chi connectivity index (χ1) is 11.2. The standard InChI is InChI=1S/C16H18N6O/c1-18-16(23)14-6-8-22(20-14)13-3-2-7-21(11-13)15-5-4-12(9-17)10-19-15/h4-6,8,10,13H,2-3,7,11H2,1H3,(H,18,23)/t13-/m0/s1. The second-order valence-electron chi connectivity index (χ2n) is 5.52. The number of nitrogens with one attached hydrogen (secondary N) is 1. The molecule has 0 saturated carbocycles. The summed E-state index contributed by atoms with van der Waals surface area (Å²) < 4.78 is 1.86. The second-order valence-corrected chi connectivity index (χ2v) is 5.52. The number of anilines is 1. The quantitative estimate of drug-likeness (QED) is 0.924. The zero-order valence-corrected chi connectivity index (χ0v) is 12.9. The number of piperidine rings is 1. The number of nitrogens with zero attached hydrogens (tertiary/aromatic N) is 5. The molecule has 118 valence electrons. The maximum atomic E-state index is 11.6. The number of carbonyl (C=O) groups is 1. The number of rotatable bonds is 3. The van der Waals surface area contributed by atoms with Gasteiger partial charge in [-0.15, -0.1) is 0 Å². The number of aromatic nitrogens is 3. The van der Waals surface area contributed by atoms with Gasteiger partial charge < -0.3 is 10.2 Å². The van der Waals surface area contributed by atoms with Gasteiger partial charge in [0.2, 0.25) is 0 Å². The van der Waals surface area contributed by atoms with Crippen LogP contribution in [0.3, 0.4) is 0 Å². The van der Waals surface area contributed by atoms with E-state index >= 15 is 0 Å². The van der Waals surface area contributed by atoms with Gasteiger partial charge in [0.15, 0.2) is 0 Å². The van der Waals surface area contributed by atoms with Gasteiger partial charge in [-0.3, -0.25) is 9.48 Å². The van der Waals surface area contributed by atoms with Crippen molar-refractivity contribution in [2.24, 2.45) is 0 Å². The molecule has 3 heterocycles. The largest absolute Gasteiger partial charge is 0.354 e. The van der Waals surface area contributed by atoms with E-state index in [9.17, 15) is 4.79 Å². The normalized spacial score (nSPS) is 17.6. The molecule has 0 spiro atoms. The van der Waals surface area contributed by atoms with Gasteiger partial charge in [0, 0.05) is 32.5 Å². The summed E-state index contributed by atoms with van der Waals surface area (Å²) in [7, 11) is 1.60. The van der Waals surface area contributed by atoms with E-state index in [1.807, 2.05) is 16.9 Å². The third kappa shape index (κ3) is 3.16. The van der Waals surface area contributed by atoms with Crippen LogP contribution < -0.4 is 10.2 Å². The molecule has 0 bridgehead atoms. The molecule has 1 amide bonds. The van der Waals surface area contributed by atoms with E-state index in [0.29, 0.717) is 11.3 Å². The van der Waals surface area contributed by atoms with Crippen LogP contribution in [0.25, 0.3) is 0 Å². The van der Waals surface area contributed by atoms with Crippen molar-refractivity contribution < 1.29 is 4.79 Å². The summed E-state index contributed by atoms with van der Waals surface area (Å²) in [4.78, 5) is 18.2. The molecule has 2 aromatic heterocycles. The Balaban J connectivity index is 1.74. The fraction of sp³-hybridized carbons (Fsp3) is 0.375. The van der Waals surface area contributed by atoms with E-state index in [4.69, 9.17) is 5.26 Å². The molecule has 0 radical (unpaired) electrons. The van der Waals surface area contributed by atoms with Crippen molar-refractivity contribution in [2.75, 3.05) is 25.0 Å². The molecule has 7 heteroatoms. The molecule has 2 aromatic rings. The first-order valence-electron chi connectivity index (χ1n) is 7.59.